The van der Waals surface area contributed by atoms with Gasteiger partial charge in [-0.15, -0.1) is 0 Å². The maximum atomic E-state index is 12.5. The molecule has 0 saturated heterocycles. The van der Waals surface area contributed by atoms with E-state index >= 15 is 0 Å². The number of allylic oxidation sites excluding steroid dienone is 2. The van der Waals surface area contributed by atoms with Gasteiger partial charge in [0.15, 0.2) is 0 Å². The lowest BCUT2D eigenvalue weighted by Crippen LogP contribution is -2.45. The van der Waals surface area contributed by atoms with Gasteiger partial charge in [0.1, 0.15) is 0 Å². The normalized spacial score (nSPS) is 12.6. The molecule has 0 aliphatic carbocycles. The summed E-state index contributed by atoms with van der Waals surface area (Å²) in [5.41, 5.74) is 0. The molecule has 0 aromatic rings. The van der Waals surface area contributed by atoms with Crippen molar-refractivity contribution in [2.45, 2.75) is 386 Å². The predicted octanol–water partition coefficient (Wildman–Crippen LogP) is 20.8. The lowest BCUT2D eigenvalue weighted by Gasteiger charge is -2.22. The van der Waals surface area contributed by atoms with Crippen LogP contribution in [0.2, 0.25) is 0 Å². The first-order chi connectivity index (χ1) is 35.5. The predicted molar refractivity (Wildman–Crippen MR) is 315 cm³/mol. The Morgan fingerprint density at radius 3 is 0.986 bits per heavy atom. The maximum Gasteiger partial charge on any atom is 0.305 e. The van der Waals surface area contributed by atoms with E-state index in [1.807, 2.05) is 0 Å². The number of nitrogens with one attached hydrogen (secondary N) is 1. The Balaban J connectivity index is 3.38. The summed E-state index contributed by atoms with van der Waals surface area (Å²) < 4.78 is 5.49. The summed E-state index contributed by atoms with van der Waals surface area (Å²) in [4.78, 5) is 24.6. The fraction of sp³-hybridized carbons (Fsp3) is 0.939. The van der Waals surface area contributed by atoms with E-state index in [2.05, 4.69) is 31.3 Å². The van der Waals surface area contributed by atoms with Gasteiger partial charge in [0, 0.05) is 12.8 Å². The van der Waals surface area contributed by atoms with Crippen molar-refractivity contribution in [1.29, 1.82) is 0 Å². The van der Waals surface area contributed by atoms with Gasteiger partial charge < -0.3 is 20.3 Å². The summed E-state index contributed by atoms with van der Waals surface area (Å²) in [7, 11) is 0. The standard InChI is InChI=1S/C66H129NO5/c1-3-5-7-9-11-13-15-17-19-31-34-38-42-46-50-54-58-64(69)63(62-68)67-65(70)59-55-51-47-43-39-35-32-29-27-25-23-21-20-22-24-26-28-30-33-37-41-45-49-53-57-61-72-66(71)60-56-52-48-44-40-36-18-16-14-12-10-8-6-4-2/h21,23,63-64,68-69H,3-20,22,24-62H2,1-2H3,(H,67,70)/b23-21-. The minimum absolute atomic E-state index is 0.0166. The fourth-order valence-corrected chi connectivity index (χ4v) is 10.5. The van der Waals surface area contributed by atoms with Crippen LogP contribution >= 0.6 is 0 Å². The number of carbonyl (C=O) groups excluding carboxylic acids is 2. The van der Waals surface area contributed by atoms with E-state index in [1.165, 1.54) is 302 Å². The first kappa shape index (κ1) is 70.6. The number of ether oxygens (including phenoxy) is 1. The largest absolute Gasteiger partial charge is 0.466 e. The van der Waals surface area contributed by atoms with E-state index in [0.29, 0.717) is 25.9 Å². The minimum atomic E-state index is -0.665. The van der Waals surface area contributed by atoms with E-state index in [0.717, 1.165) is 38.5 Å². The molecule has 1 amide bonds. The van der Waals surface area contributed by atoms with Crippen LogP contribution in [-0.4, -0.2) is 47.4 Å². The smallest absolute Gasteiger partial charge is 0.305 e. The van der Waals surface area contributed by atoms with Crippen molar-refractivity contribution in [3.63, 3.8) is 0 Å². The fourth-order valence-electron chi connectivity index (χ4n) is 10.5. The van der Waals surface area contributed by atoms with Gasteiger partial charge in [0.25, 0.3) is 0 Å². The number of hydrogen-bond acceptors (Lipinski definition) is 5. The molecule has 0 fully saturated rings. The second-order valence-corrected chi connectivity index (χ2v) is 22.8. The van der Waals surface area contributed by atoms with Crippen LogP contribution in [0.5, 0.6) is 0 Å². The lowest BCUT2D eigenvalue weighted by molar-refractivity contribution is -0.143. The van der Waals surface area contributed by atoms with Gasteiger partial charge in [0.05, 0.1) is 25.4 Å². The summed E-state index contributed by atoms with van der Waals surface area (Å²) in [6, 6.07) is -0.543. The molecule has 0 spiro atoms. The third-order valence-electron chi connectivity index (χ3n) is 15.6. The first-order valence-corrected chi connectivity index (χ1v) is 32.9. The van der Waals surface area contributed by atoms with Gasteiger partial charge >= 0.3 is 5.97 Å². The van der Waals surface area contributed by atoms with Crippen LogP contribution in [0, 0.1) is 0 Å². The van der Waals surface area contributed by atoms with E-state index in [1.54, 1.807) is 0 Å². The van der Waals surface area contributed by atoms with Crippen LogP contribution in [0.3, 0.4) is 0 Å². The number of esters is 1. The molecule has 72 heavy (non-hydrogen) atoms. The van der Waals surface area contributed by atoms with Crippen molar-refractivity contribution >= 4 is 11.9 Å². The van der Waals surface area contributed by atoms with Crippen LogP contribution in [0.4, 0.5) is 0 Å². The van der Waals surface area contributed by atoms with E-state index in [-0.39, 0.29) is 18.5 Å². The van der Waals surface area contributed by atoms with Gasteiger partial charge in [-0.05, 0) is 51.4 Å². The number of amides is 1. The molecule has 6 heteroatoms. The summed E-state index contributed by atoms with van der Waals surface area (Å²) >= 11 is 0. The van der Waals surface area contributed by atoms with E-state index < -0.39 is 12.1 Å². The molecule has 0 aliphatic rings. The Bertz CT molecular complexity index is 1080. The number of aliphatic hydroxyl groups is 2. The number of hydrogen-bond donors (Lipinski definition) is 3. The average molecular weight is 1020 g/mol. The molecule has 0 aromatic carbocycles. The van der Waals surface area contributed by atoms with Crippen LogP contribution in [-0.2, 0) is 14.3 Å². The molecule has 0 aromatic heterocycles. The lowest BCUT2D eigenvalue weighted by atomic mass is 10.0. The molecule has 0 rings (SSSR count). The Labute approximate surface area is 450 Å². The van der Waals surface area contributed by atoms with Crippen molar-refractivity contribution in [1.82, 2.24) is 5.32 Å². The molecule has 0 bridgehead atoms. The molecule has 2 atom stereocenters. The molecule has 3 N–H and O–H groups in total. The zero-order valence-electron chi connectivity index (χ0n) is 48.9. The molecule has 428 valence electrons. The molecule has 0 saturated carbocycles. The highest BCUT2D eigenvalue weighted by Crippen LogP contribution is 2.18. The van der Waals surface area contributed by atoms with Gasteiger partial charge in [-0.25, -0.2) is 0 Å². The third-order valence-corrected chi connectivity index (χ3v) is 15.6. The molecule has 0 heterocycles. The van der Waals surface area contributed by atoms with Crippen molar-refractivity contribution in [2.75, 3.05) is 13.2 Å². The summed E-state index contributed by atoms with van der Waals surface area (Å²) in [6.07, 6.45) is 75.2. The Morgan fingerprint density at radius 1 is 0.375 bits per heavy atom. The SMILES string of the molecule is CCCCCCCCCCCCCCCCCCC(O)C(CO)NC(=O)CCCCCCCCCCC/C=C\CCCCCCCCCCCCCCOC(=O)CCCCCCCCCCCCCCCC. The highest BCUT2D eigenvalue weighted by molar-refractivity contribution is 5.76. The van der Waals surface area contributed by atoms with Crippen molar-refractivity contribution < 1.29 is 24.5 Å². The maximum absolute atomic E-state index is 12.5. The van der Waals surface area contributed by atoms with E-state index in [4.69, 9.17) is 4.74 Å². The van der Waals surface area contributed by atoms with Crippen LogP contribution < -0.4 is 5.32 Å². The zero-order chi connectivity index (χ0) is 52.2. The third kappa shape index (κ3) is 57.9. The van der Waals surface area contributed by atoms with Crippen molar-refractivity contribution in [3.05, 3.63) is 12.2 Å². The second-order valence-electron chi connectivity index (χ2n) is 22.8. The van der Waals surface area contributed by atoms with Gasteiger partial charge in [-0.2, -0.15) is 0 Å². The molecule has 6 nitrogen and oxygen atoms in total. The Morgan fingerprint density at radius 2 is 0.653 bits per heavy atom. The topological polar surface area (TPSA) is 95.9 Å². The highest BCUT2D eigenvalue weighted by Gasteiger charge is 2.20. The monoisotopic (exact) mass is 1020 g/mol. The first-order valence-electron chi connectivity index (χ1n) is 32.9. The second kappa shape index (κ2) is 62.1. The van der Waals surface area contributed by atoms with Gasteiger partial charge in [-0.1, -0.05) is 321 Å². The summed E-state index contributed by atoms with van der Waals surface area (Å²) in [5.74, 6) is -0.0183. The van der Waals surface area contributed by atoms with Crippen LogP contribution in [0.25, 0.3) is 0 Å². The Hall–Kier alpha value is -1.40. The van der Waals surface area contributed by atoms with Crippen LogP contribution in [0.1, 0.15) is 373 Å². The van der Waals surface area contributed by atoms with Crippen molar-refractivity contribution in [2.24, 2.45) is 0 Å². The summed E-state index contributed by atoms with van der Waals surface area (Å²) in [5, 5.41) is 23.3. The number of rotatable bonds is 62. The minimum Gasteiger partial charge on any atom is -0.466 e. The average Bonchev–Trinajstić information content (AvgIpc) is 3.38. The molecular weight excluding hydrogens is 887 g/mol. The quantitative estimate of drug-likeness (QED) is 0.0320. The number of carbonyl (C=O) groups is 2. The van der Waals surface area contributed by atoms with Crippen molar-refractivity contribution in [3.8, 4) is 0 Å². The van der Waals surface area contributed by atoms with Gasteiger partial charge in [0.2, 0.25) is 5.91 Å². The molecule has 2 unspecified atom stereocenters. The molecular formula is C66H129NO5. The van der Waals surface area contributed by atoms with Gasteiger partial charge in [-0.3, -0.25) is 9.59 Å². The zero-order valence-corrected chi connectivity index (χ0v) is 48.9. The molecule has 0 radical (unpaired) electrons. The van der Waals surface area contributed by atoms with E-state index in [9.17, 15) is 19.8 Å². The van der Waals surface area contributed by atoms with Crippen LogP contribution in [0.15, 0.2) is 12.2 Å². The highest BCUT2D eigenvalue weighted by atomic mass is 16.5. The number of unbranched alkanes of at least 4 members (excludes halogenated alkanes) is 49. The number of aliphatic hydroxyl groups excluding tert-OH is 2. The Kier molecular flexibility index (Phi) is 60.9. The molecule has 0 aliphatic heterocycles. The summed E-state index contributed by atoms with van der Waals surface area (Å²) in [6.45, 7) is 4.99.